The van der Waals surface area contributed by atoms with E-state index in [1.165, 1.54) is 18.2 Å². The van der Waals surface area contributed by atoms with Crippen molar-refractivity contribution in [1.29, 1.82) is 0 Å². The Labute approximate surface area is 135 Å². The molecule has 1 aromatic heterocycles. The number of aromatic amines is 1. The zero-order valence-corrected chi connectivity index (χ0v) is 12.2. The molecule has 0 fully saturated rings. The second-order valence-corrected chi connectivity index (χ2v) is 4.74. The van der Waals surface area contributed by atoms with Gasteiger partial charge in [0.05, 0.1) is 10.5 Å². The Morgan fingerprint density at radius 1 is 1.12 bits per heavy atom. The van der Waals surface area contributed by atoms with E-state index in [0.29, 0.717) is 11.5 Å². The van der Waals surface area contributed by atoms with Crippen LogP contribution in [0, 0.1) is 10.1 Å². The van der Waals surface area contributed by atoms with Crippen LogP contribution in [0.4, 0.5) is 5.69 Å². The number of hydrogen-bond acceptors (Lipinski definition) is 6. The Kier molecular flexibility index (Phi) is 3.89. The van der Waals surface area contributed by atoms with Crippen molar-refractivity contribution in [3.8, 4) is 22.8 Å². The fraction of sp³-hybridized carbons (Fsp3) is 0. The van der Waals surface area contributed by atoms with E-state index in [0.717, 1.165) is 0 Å². The summed E-state index contributed by atoms with van der Waals surface area (Å²) in [5.41, 5.74) is 4.87. The van der Waals surface area contributed by atoms with Gasteiger partial charge < -0.3 is 10.5 Å². The number of aromatic nitrogens is 3. The molecule has 1 amide bonds. The van der Waals surface area contributed by atoms with E-state index < -0.39 is 10.8 Å². The number of carbonyl (C=O) groups is 1. The number of nitrogens with two attached hydrogens (primary N) is 1. The molecule has 0 spiro atoms. The number of nitrogens with one attached hydrogen (secondary N) is 1. The quantitative estimate of drug-likeness (QED) is 0.545. The second-order valence-electron chi connectivity index (χ2n) is 4.74. The van der Waals surface area contributed by atoms with Crippen molar-refractivity contribution < 1.29 is 14.5 Å². The third-order valence-electron chi connectivity index (χ3n) is 3.18. The Bertz CT molecular complexity index is 907. The third-order valence-corrected chi connectivity index (χ3v) is 3.18. The van der Waals surface area contributed by atoms with Crippen LogP contribution in [-0.4, -0.2) is 26.2 Å². The van der Waals surface area contributed by atoms with Gasteiger partial charge >= 0.3 is 0 Å². The van der Waals surface area contributed by atoms with Gasteiger partial charge in [0.2, 0.25) is 0 Å². The van der Waals surface area contributed by atoms with E-state index >= 15 is 0 Å². The van der Waals surface area contributed by atoms with Crippen molar-refractivity contribution in [2.75, 3.05) is 0 Å². The fourth-order valence-corrected chi connectivity index (χ4v) is 2.14. The molecule has 120 valence electrons. The van der Waals surface area contributed by atoms with E-state index in [-0.39, 0.29) is 22.6 Å². The zero-order chi connectivity index (χ0) is 17.1. The molecule has 0 saturated carbocycles. The molecule has 0 atom stereocenters. The summed E-state index contributed by atoms with van der Waals surface area (Å²) in [6, 6.07) is 13.1. The van der Waals surface area contributed by atoms with Crippen molar-refractivity contribution >= 4 is 11.6 Å². The summed E-state index contributed by atoms with van der Waals surface area (Å²) in [6.07, 6.45) is 0. The van der Waals surface area contributed by atoms with E-state index in [1.807, 2.05) is 6.07 Å². The van der Waals surface area contributed by atoms with Crippen molar-refractivity contribution in [1.82, 2.24) is 15.4 Å². The molecule has 24 heavy (non-hydrogen) atoms. The number of hydrogen-bond donors (Lipinski definition) is 2. The highest BCUT2D eigenvalue weighted by molar-refractivity contribution is 5.97. The number of nitro benzene ring substituents is 1. The van der Waals surface area contributed by atoms with Crippen LogP contribution in [-0.2, 0) is 0 Å². The number of H-pyrrole nitrogens is 1. The number of benzene rings is 2. The molecule has 2 aromatic carbocycles. The third kappa shape index (κ3) is 2.90. The predicted molar refractivity (Wildman–Crippen MR) is 83.5 cm³/mol. The number of amides is 1. The molecule has 0 aliphatic heterocycles. The molecule has 3 N–H and O–H groups in total. The largest absolute Gasteiger partial charge is 0.457 e. The molecule has 9 heteroatoms. The summed E-state index contributed by atoms with van der Waals surface area (Å²) in [4.78, 5) is 22.1. The lowest BCUT2D eigenvalue weighted by Gasteiger charge is -2.07. The van der Waals surface area contributed by atoms with Gasteiger partial charge in [0.1, 0.15) is 17.2 Å². The molecule has 0 radical (unpaired) electrons. The van der Waals surface area contributed by atoms with Gasteiger partial charge in [0.25, 0.3) is 11.6 Å². The minimum atomic E-state index is -0.845. The van der Waals surface area contributed by atoms with E-state index in [4.69, 9.17) is 10.5 Å². The maximum absolute atomic E-state index is 11.4. The number of carbonyl (C=O) groups excluding carboxylic acids is 1. The monoisotopic (exact) mass is 325 g/mol. The molecular weight excluding hydrogens is 314 g/mol. The lowest BCUT2D eigenvalue weighted by molar-refractivity contribution is -0.384. The SMILES string of the molecule is NC(=O)c1n[nH]nc1-c1cc(Oc2ccccc2)ccc1[N+](=O)[O-]. The van der Waals surface area contributed by atoms with Crippen LogP contribution in [0.2, 0.25) is 0 Å². The number of ether oxygens (including phenoxy) is 1. The molecule has 0 saturated heterocycles. The van der Waals surface area contributed by atoms with Crippen LogP contribution in [0.25, 0.3) is 11.3 Å². The van der Waals surface area contributed by atoms with E-state index in [2.05, 4.69) is 15.4 Å². The number of para-hydroxylation sites is 1. The zero-order valence-electron chi connectivity index (χ0n) is 12.2. The molecule has 0 aliphatic carbocycles. The van der Waals surface area contributed by atoms with Gasteiger partial charge in [0.15, 0.2) is 5.69 Å². The lowest BCUT2D eigenvalue weighted by atomic mass is 10.1. The van der Waals surface area contributed by atoms with Crippen LogP contribution in [0.1, 0.15) is 10.5 Å². The first kappa shape index (κ1) is 15.2. The van der Waals surface area contributed by atoms with Gasteiger partial charge in [-0.05, 0) is 24.3 Å². The Morgan fingerprint density at radius 3 is 2.54 bits per heavy atom. The Morgan fingerprint density at radius 2 is 1.88 bits per heavy atom. The van der Waals surface area contributed by atoms with Gasteiger partial charge in [-0.2, -0.15) is 15.4 Å². The number of rotatable bonds is 5. The number of primary amides is 1. The highest BCUT2D eigenvalue weighted by Crippen LogP contribution is 2.34. The summed E-state index contributed by atoms with van der Waals surface area (Å²) < 4.78 is 5.65. The van der Waals surface area contributed by atoms with Crippen molar-refractivity contribution in [3.63, 3.8) is 0 Å². The molecule has 3 rings (SSSR count). The Hall–Kier alpha value is -3.75. The van der Waals surface area contributed by atoms with E-state index in [1.54, 1.807) is 24.3 Å². The van der Waals surface area contributed by atoms with Crippen molar-refractivity contribution in [2.24, 2.45) is 5.73 Å². The van der Waals surface area contributed by atoms with Gasteiger partial charge in [-0.1, -0.05) is 18.2 Å². The second kappa shape index (κ2) is 6.16. The van der Waals surface area contributed by atoms with Crippen molar-refractivity contribution in [2.45, 2.75) is 0 Å². The van der Waals surface area contributed by atoms with Gasteiger partial charge in [0, 0.05) is 6.07 Å². The average molecular weight is 325 g/mol. The first-order valence-electron chi connectivity index (χ1n) is 6.78. The summed E-state index contributed by atoms with van der Waals surface area (Å²) in [5.74, 6) is 0.0650. The van der Waals surface area contributed by atoms with Crippen LogP contribution in [0.5, 0.6) is 11.5 Å². The smallest absolute Gasteiger partial charge is 0.279 e. The summed E-state index contributed by atoms with van der Waals surface area (Å²) in [7, 11) is 0. The molecule has 3 aromatic rings. The molecule has 0 unspecified atom stereocenters. The van der Waals surface area contributed by atoms with Crippen LogP contribution in [0.15, 0.2) is 48.5 Å². The summed E-state index contributed by atoms with van der Waals surface area (Å²) in [5, 5.41) is 20.9. The first-order chi connectivity index (χ1) is 11.6. The van der Waals surface area contributed by atoms with Crippen LogP contribution in [0.3, 0.4) is 0 Å². The topological polar surface area (TPSA) is 137 Å². The fourth-order valence-electron chi connectivity index (χ4n) is 2.14. The normalized spacial score (nSPS) is 10.3. The number of nitro groups is 1. The first-order valence-corrected chi connectivity index (χ1v) is 6.78. The molecule has 1 heterocycles. The Balaban J connectivity index is 2.08. The molecule has 9 nitrogen and oxygen atoms in total. The van der Waals surface area contributed by atoms with Crippen LogP contribution < -0.4 is 10.5 Å². The maximum Gasteiger partial charge on any atom is 0.279 e. The predicted octanol–water partition coefficient (Wildman–Crippen LogP) is 2.27. The van der Waals surface area contributed by atoms with Gasteiger partial charge in [-0.25, -0.2) is 0 Å². The standard InChI is InChI=1S/C15H11N5O4/c16-15(21)14-13(17-19-18-14)11-8-10(6-7-12(11)20(22)23)24-9-4-2-1-3-5-9/h1-8H,(H2,16,21)(H,17,18,19). The molecule has 0 bridgehead atoms. The minimum Gasteiger partial charge on any atom is -0.457 e. The lowest BCUT2D eigenvalue weighted by Crippen LogP contribution is -2.13. The molecular formula is C15H11N5O4. The highest BCUT2D eigenvalue weighted by Gasteiger charge is 2.24. The van der Waals surface area contributed by atoms with Gasteiger partial charge in [-0.3, -0.25) is 14.9 Å². The van der Waals surface area contributed by atoms with Gasteiger partial charge in [-0.15, -0.1) is 0 Å². The van der Waals surface area contributed by atoms with Crippen molar-refractivity contribution in [3.05, 3.63) is 64.3 Å². The van der Waals surface area contributed by atoms with Crippen LogP contribution >= 0.6 is 0 Å². The molecule has 0 aliphatic rings. The summed E-state index contributed by atoms with van der Waals surface area (Å²) >= 11 is 0. The number of nitrogens with zero attached hydrogens (tertiary/aromatic N) is 3. The highest BCUT2D eigenvalue weighted by atomic mass is 16.6. The summed E-state index contributed by atoms with van der Waals surface area (Å²) in [6.45, 7) is 0. The average Bonchev–Trinajstić information content (AvgIpc) is 3.05. The maximum atomic E-state index is 11.4. The minimum absolute atomic E-state index is 0.00675. The van der Waals surface area contributed by atoms with E-state index in [9.17, 15) is 14.9 Å².